The molecule has 0 heterocycles. The highest BCUT2D eigenvalue weighted by atomic mass is 35.5. The van der Waals surface area contributed by atoms with Gasteiger partial charge in [0, 0.05) is 5.88 Å². The van der Waals surface area contributed by atoms with Crippen LogP contribution in [0.1, 0.15) is 19.3 Å². The van der Waals surface area contributed by atoms with Crippen molar-refractivity contribution in [3.63, 3.8) is 0 Å². The summed E-state index contributed by atoms with van der Waals surface area (Å²) in [5.41, 5.74) is 0. The molecule has 2 heteroatoms. The Morgan fingerprint density at radius 1 is 1.25 bits per heavy atom. The van der Waals surface area contributed by atoms with Crippen molar-refractivity contribution in [2.45, 2.75) is 19.3 Å². The van der Waals surface area contributed by atoms with Crippen molar-refractivity contribution in [1.82, 2.24) is 5.32 Å². The van der Waals surface area contributed by atoms with E-state index in [1.807, 2.05) is 7.05 Å². The molecule has 0 amide bonds. The van der Waals surface area contributed by atoms with Crippen LogP contribution in [0.25, 0.3) is 0 Å². The molecule has 0 rings (SSSR count). The van der Waals surface area contributed by atoms with E-state index in [-0.39, 0.29) is 0 Å². The highest BCUT2D eigenvalue weighted by Crippen LogP contribution is 1.94. The van der Waals surface area contributed by atoms with Crippen LogP contribution in [0.5, 0.6) is 0 Å². The van der Waals surface area contributed by atoms with Crippen molar-refractivity contribution in [1.29, 1.82) is 0 Å². The molecule has 0 aliphatic carbocycles. The molecule has 0 aromatic carbocycles. The molecular weight excluding hydrogens is 122 g/mol. The summed E-state index contributed by atoms with van der Waals surface area (Å²) >= 11 is 5.46. The van der Waals surface area contributed by atoms with Crippen molar-refractivity contribution in [2.24, 2.45) is 0 Å². The number of nitrogens with one attached hydrogen (secondary N) is 1. The average Bonchev–Trinajstić information content (AvgIpc) is 1.81. The Kier molecular flexibility index (Phi) is 7.48. The first-order valence-electron chi connectivity index (χ1n) is 3.12. The van der Waals surface area contributed by atoms with Crippen LogP contribution in [0.3, 0.4) is 0 Å². The molecule has 0 aliphatic heterocycles. The van der Waals surface area contributed by atoms with Crippen LogP contribution in [0.4, 0.5) is 0 Å². The van der Waals surface area contributed by atoms with E-state index < -0.39 is 0 Å². The molecule has 0 fully saturated rings. The molecule has 0 atom stereocenters. The first kappa shape index (κ1) is 8.25. The van der Waals surface area contributed by atoms with E-state index in [4.69, 9.17) is 11.6 Å². The van der Waals surface area contributed by atoms with Crippen LogP contribution in [-0.2, 0) is 0 Å². The van der Waals surface area contributed by atoms with Gasteiger partial charge < -0.3 is 5.32 Å². The summed E-state index contributed by atoms with van der Waals surface area (Å²) in [6.45, 7) is 1.12. The zero-order valence-electron chi connectivity index (χ0n) is 5.41. The number of halogens is 1. The van der Waals surface area contributed by atoms with Crippen molar-refractivity contribution in [3.8, 4) is 0 Å². The number of rotatable bonds is 5. The Balaban J connectivity index is 2.53. The smallest absolute Gasteiger partial charge is 0.0223 e. The lowest BCUT2D eigenvalue weighted by atomic mass is 10.2. The average molecular weight is 136 g/mol. The van der Waals surface area contributed by atoms with Crippen LogP contribution >= 0.6 is 11.6 Å². The molecule has 50 valence electrons. The molecule has 0 aromatic heterocycles. The molecular formula is C6H14ClN. The van der Waals surface area contributed by atoms with E-state index in [0.717, 1.165) is 18.8 Å². The Hall–Kier alpha value is 0.250. The molecule has 0 saturated heterocycles. The Bertz CT molecular complexity index is 33.5. The largest absolute Gasteiger partial charge is 0.320 e. The zero-order chi connectivity index (χ0) is 6.24. The van der Waals surface area contributed by atoms with Gasteiger partial charge in [-0.1, -0.05) is 6.42 Å². The van der Waals surface area contributed by atoms with Crippen LogP contribution < -0.4 is 5.32 Å². The van der Waals surface area contributed by atoms with Crippen LogP contribution in [0.15, 0.2) is 0 Å². The third kappa shape index (κ3) is 6.25. The van der Waals surface area contributed by atoms with E-state index >= 15 is 0 Å². The third-order valence-corrected chi connectivity index (χ3v) is 1.33. The number of hydrogen-bond acceptors (Lipinski definition) is 1. The molecule has 0 bridgehead atoms. The lowest BCUT2D eigenvalue weighted by molar-refractivity contribution is 0.669. The summed E-state index contributed by atoms with van der Waals surface area (Å²) in [5, 5.41) is 3.08. The maximum Gasteiger partial charge on any atom is 0.0223 e. The van der Waals surface area contributed by atoms with Gasteiger partial charge in [-0.15, -0.1) is 11.6 Å². The second kappa shape index (κ2) is 7.25. The summed E-state index contributed by atoms with van der Waals surface area (Å²) in [7, 11) is 1.97. The van der Waals surface area contributed by atoms with Gasteiger partial charge in [-0.05, 0) is 26.4 Å². The second-order valence-corrected chi connectivity index (χ2v) is 2.23. The fourth-order valence-corrected chi connectivity index (χ4v) is 0.762. The van der Waals surface area contributed by atoms with E-state index in [1.165, 1.54) is 12.8 Å². The molecule has 0 aromatic rings. The van der Waals surface area contributed by atoms with Gasteiger partial charge in [0.15, 0.2) is 0 Å². The highest BCUT2D eigenvalue weighted by molar-refractivity contribution is 6.17. The quantitative estimate of drug-likeness (QED) is 0.446. The zero-order valence-corrected chi connectivity index (χ0v) is 6.17. The van der Waals surface area contributed by atoms with Crippen molar-refractivity contribution in [2.75, 3.05) is 19.5 Å². The Labute approximate surface area is 56.4 Å². The van der Waals surface area contributed by atoms with Crippen molar-refractivity contribution >= 4 is 11.6 Å². The lowest BCUT2D eigenvalue weighted by Gasteiger charge is -1.94. The summed E-state index contributed by atoms with van der Waals surface area (Å²) in [5.74, 6) is 0.809. The van der Waals surface area contributed by atoms with Gasteiger partial charge in [0.25, 0.3) is 0 Å². The van der Waals surface area contributed by atoms with Crippen molar-refractivity contribution in [3.05, 3.63) is 0 Å². The van der Waals surface area contributed by atoms with E-state index in [1.54, 1.807) is 0 Å². The van der Waals surface area contributed by atoms with Gasteiger partial charge in [-0.25, -0.2) is 0 Å². The summed E-state index contributed by atoms with van der Waals surface area (Å²) in [6.07, 6.45) is 3.66. The minimum atomic E-state index is 0.809. The molecule has 0 radical (unpaired) electrons. The van der Waals surface area contributed by atoms with Gasteiger partial charge in [0.05, 0.1) is 0 Å². The van der Waals surface area contributed by atoms with Gasteiger partial charge in [-0.3, -0.25) is 0 Å². The standard InChI is InChI=1S/C6H14ClN/c1-8-6-4-2-3-5-7/h8H,2-6H2,1H3. The minimum Gasteiger partial charge on any atom is -0.320 e. The number of unbranched alkanes of at least 4 members (excludes halogenated alkanes) is 2. The molecule has 1 N–H and O–H groups in total. The summed E-state index contributed by atoms with van der Waals surface area (Å²) < 4.78 is 0. The minimum absolute atomic E-state index is 0.809. The predicted molar refractivity (Wildman–Crippen MR) is 38.5 cm³/mol. The fraction of sp³-hybridized carbons (Fsp3) is 1.00. The Morgan fingerprint density at radius 3 is 2.50 bits per heavy atom. The first-order valence-corrected chi connectivity index (χ1v) is 3.66. The maximum absolute atomic E-state index is 5.46. The van der Waals surface area contributed by atoms with Crippen LogP contribution in [0.2, 0.25) is 0 Å². The first-order chi connectivity index (χ1) is 3.91. The lowest BCUT2D eigenvalue weighted by Crippen LogP contribution is -2.06. The van der Waals surface area contributed by atoms with E-state index in [9.17, 15) is 0 Å². The molecule has 0 unspecified atom stereocenters. The van der Waals surface area contributed by atoms with Gasteiger partial charge >= 0.3 is 0 Å². The molecule has 0 spiro atoms. The monoisotopic (exact) mass is 135 g/mol. The number of alkyl halides is 1. The van der Waals surface area contributed by atoms with Crippen LogP contribution in [-0.4, -0.2) is 19.5 Å². The SMILES string of the molecule is CNCCCCCCl. The van der Waals surface area contributed by atoms with Gasteiger partial charge in [0.1, 0.15) is 0 Å². The highest BCUT2D eigenvalue weighted by Gasteiger charge is 1.83. The molecule has 0 saturated carbocycles. The fourth-order valence-electron chi connectivity index (χ4n) is 0.573. The maximum atomic E-state index is 5.46. The van der Waals surface area contributed by atoms with Crippen LogP contribution in [0, 0.1) is 0 Å². The van der Waals surface area contributed by atoms with Gasteiger partial charge in [0.2, 0.25) is 0 Å². The second-order valence-electron chi connectivity index (χ2n) is 1.85. The molecule has 8 heavy (non-hydrogen) atoms. The van der Waals surface area contributed by atoms with Gasteiger partial charge in [-0.2, -0.15) is 0 Å². The Morgan fingerprint density at radius 2 is 2.00 bits per heavy atom. The third-order valence-electron chi connectivity index (χ3n) is 1.06. The number of hydrogen-bond donors (Lipinski definition) is 1. The van der Waals surface area contributed by atoms with E-state index in [0.29, 0.717) is 0 Å². The van der Waals surface area contributed by atoms with Crippen molar-refractivity contribution < 1.29 is 0 Å². The normalized spacial score (nSPS) is 9.75. The molecule has 0 aliphatic rings. The topological polar surface area (TPSA) is 12.0 Å². The predicted octanol–water partition coefficient (Wildman–Crippen LogP) is 1.61. The summed E-state index contributed by atoms with van der Waals surface area (Å²) in [6, 6.07) is 0. The summed E-state index contributed by atoms with van der Waals surface area (Å²) in [4.78, 5) is 0. The van der Waals surface area contributed by atoms with E-state index in [2.05, 4.69) is 5.32 Å². The molecule has 1 nitrogen and oxygen atoms in total.